The molecule has 4 aromatic rings. The van der Waals surface area contributed by atoms with Gasteiger partial charge in [0.25, 0.3) is 11.6 Å². The summed E-state index contributed by atoms with van der Waals surface area (Å²) in [5, 5.41) is 12.4. The number of aromatic nitrogens is 4. The number of hydrogen-bond acceptors (Lipinski definition) is 5. The van der Waals surface area contributed by atoms with E-state index in [1.165, 1.54) is 0 Å². The maximum atomic E-state index is 13.2. The van der Waals surface area contributed by atoms with Gasteiger partial charge in [-0.2, -0.15) is 5.10 Å². The van der Waals surface area contributed by atoms with Crippen molar-refractivity contribution in [3.05, 3.63) is 71.3 Å². The summed E-state index contributed by atoms with van der Waals surface area (Å²) in [6.45, 7) is 0.652. The van der Waals surface area contributed by atoms with Gasteiger partial charge in [-0.15, -0.1) is 0 Å². The molecule has 2 aliphatic carbocycles. The van der Waals surface area contributed by atoms with Crippen molar-refractivity contribution in [2.45, 2.75) is 44.1 Å². The molecule has 0 unspecified atom stereocenters. The van der Waals surface area contributed by atoms with Crippen molar-refractivity contribution in [1.82, 2.24) is 19.9 Å². The summed E-state index contributed by atoms with van der Waals surface area (Å²) in [5.74, 6) is 0.623. The zero-order valence-corrected chi connectivity index (χ0v) is 16.4. The molecular formula is C23H21N5O2. The van der Waals surface area contributed by atoms with E-state index in [0.29, 0.717) is 35.3 Å². The first-order chi connectivity index (χ1) is 14.7. The summed E-state index contributed by atoms with van der Waals surface area (Å²) in [4.78, 5) is 17.9. The first-order valence-electron chi connectivity index (χ1n) is 10.4. The van der Waals surface area contributed by atoms with Crippen LogP contribution in [0.15, 0.2) is 53.3 Å². The van der Waals surface area contributed by atoms with Crippen LogP contribution in [0.5, 0.6) is 0 Å². The molecule has 0 atom stereocenters. The molecule has 0 bridgehead atoms. The van der Waals surface area contributed by atoms with Crippen molar-refractivity contribution in [2.75, 3.05) is 5.32 Å². The zero-order chi connectivity index (χ0) is 20.1. The monoisotopic (exact) mass is 399 g/mol. The number of benzene rings is 1. The fourth-order valence-electron chi connectivity index (χ4n) is 3.88. The number of carbonyl (C=O) groups excluding carboxylic acids is 1. The predicted octanol–water partition coefficient (Wildman–Crippen LogP) is 4.47. The number of rotatable bonds is 6. The Morgan fingerprint density at radius 1 is 1.13 bits per heavy atom. The molecule has 7 nitrogen and oxygen atoms in total. The smallest absolute Gasteiger partial charge is 0.259 e. The average molecular weight is 399 g/mol. The molecule has 1 aromatic carbocycles. The van der Waals surface area contributed by atoms with E-state index in [9.17, 15) is 4.79 Å². The van der Waals surface area contributed by atoms with E-state index in [0.717, 1.165) is 48.0 Å². The maximum absolute atomic E-state index is 13.2. The van der Waals surface area contributed by atoms with Gasteiger partial charge in [-0.3, -0.25) is 9.48 Å². The first kappa shape index (κ1) is 17.4. The van der Waals surface area contributed by atoms with Crippen molar-refractivity contribution >= 4 is 22.7 Å². The number of nitrogens with zero attached hydrogens (tertiary/aromatic N) is 4. The van der Waals surface area contributed by atoms with E-state index >= 15 is 0 Å². The van der Waals surface area contributed by atoms with Gasteiger partial charge in [0.15, 0.2) is 0 Å². The fourth-order valence-corrected chi connectivity index (χ4v) is 3.88. The molecule has 0 radical (unpaired) electrons. The van der Waals surface area contributed by atoms with Gasteiger partial charge in [0.05, 0.1) is 35.1 Å². The highest BCUT2D eigenvalue weighted by atomic mass is 16.5. The third-order valence-electron chi connectivity index (χ3n) is 5.78. The van der Waals surface area contributed by atoms with E-state index in [-0.39, 0.29) is 5.91 Å². The molecule has 2 aliphatic rings. The Labute approximate surface area is 173 Å². The van der Waals surface area contributed by atoms with Gasteiger partial charge in [-0.25, -0.2) is 4.98 Å². The van der Waals surface area contributed by atoms with Gasteiger partial charge in [0, 0.05) is 23.7 Å². The van der Waals surface area contributed by atoms with E-state index in [1.54, 1.807) is 6.20 Å². The quantitative estimate of drug-likeness (QED) is 0.517. The van der Waals surface area contributed by atoms with Crippen molar-refractivity contribution in [3.8, 4) is 0 Å². The van der Waals surface area contributed by atoms with Gasteiger partial charge in [0.2, 0.25) is 0 Å². The Balaban J connectivity index is 1.30. The van der Waals surface area contributed by atoms with Crippen LogP contribution in [0.4, 0.5) is 5.69 Å². The number of fused-ring (bicyclic) bond motifs is 1. The van der Waals surface area contributed by atoms with Crippen LogP contribution in [-0.2, 0) is 6.54 Å². The highest BCUT2D eigenvalue weighted by Crippen LogP contribution is 2.45. The lowest BCUT2D eigenvalue weighted by Gasteiger charge is -2.07. The zero-order valence-electron chi connectivity index (χ0n) is 16.4. The van der Waals surface area contributed by atoms with Crippen molar-refractivity contribution in [2.24, 2.45) is 0 Å². The molecule has 2 fully saturated rings. The van der Waals surface area contributed by atoms with Crippen LogP contribution in [-0.4, -0.2) is 25.8 Å². The Kier molecular flexibility index (Phi) is 3.94. The molecule has 7 heteroatoms. The lowest BCUT2D eigenvalue weighted by atomic mass is 10.1. The topological polar surface area (TPSA) is 85.8 Å². The number of amides is 1. The summed E-state index contributed by atoms with van der Waals surface area (Å²) >= 11 is 0. The molecule has 0 aliphatic heterocycles. The lowest BCUT2D eigenvalue weighted by Crippen LogP contribution is -2.13. The predicted molar refractivity (Wildman–Crippen MR) is 111 cm³/mol. The van der Waals surface area contributed by atoms with Crippen LogP contribution < -0.4 is 5.32 Å². The molecule has 3 aromatic heterocycles. The molecule has 1 amide bonds. The number of hydrogen-bond donors (Lipinski definition) is 1. The minimum absolute atomic E-state index is 0.173. The highest BCUT2D eigenvalue weighted by molar-refractivity contribution is 6.12. The molecule has 0 spiro atoms. The van der Waals surface area contributed by atoms with E-state index in [2.05, 4.69) is 32.7 Å². The van der Waals surface area contributed by atoms with E-state index < -0.39 is 0 Å². The molecular weight excluding hydrogens is 378 g/mol. The Bertz CT molecular complexity index is 1240. The van der Waals surface area contributed by atoms with E-state index in [4.69, 9.17) is 4.52 Å². The van der Waals surface area contributed by atoms with Crippen molar-refractivity contribution < 1.29 is 9.32 Å². The number of carbonyl (C=O) groups is 1. The largest absolute Gasteiger partial charge is 0.335 e. The Morgan fingerprint density at radius 3 is 2.70 bits per heavy atom. The van der Waals surface area contributed by atoms with Gasteiger partial charge < -0.3 is 9.84 Å². The van der Waals surface area contributed by atoms with Crippen LogP contribution in [0.25, 0.3) is 11.1 Å². The van der Waals surface area contributed by atoms with Crippen molar-refractivity contribution in [1.29, 1.82) is 0 Å². The van der Waals surface area contributed by atoms with Gasteiger partial charge in [0.1, 0.15) is 0 Å². The summed E-state index contributed by atoms with van der Waals surface area (Å²) in [7, 11) is 0. The third-order valence-corrected chi connectivity index (χ3v) is 5.78. The first-order valence-corrected chi connectivity index (χ1v) is 10.4. The lowest BCUT2D eigenvalue weighted by molar-refractivity contribution is 0.102. The van der Waals surface area contributed by atoms with Crippen LogP contribution >= 0.6 is 0 Å². The minimum atomic E-state index is -0.173. The summed E-state index contributed by atoms with van der Waals surface area (Å²) in [5.41, 5.74) is 4.68. The van der Waals surface area contributed by atoms with Crippen LogP contribution in [0.1, 0.15) is 64.8 Å². The van der Waals surface area contributed by atoms with E-state index in [1.807, 2.05) is 35.1 Å². The summed E-state index contributed by atoms with van der Waals surface area (Å²) < 4.78 is 7.34. The highest BCUT2D eigenvalue weighted by Gasteiger charge is 2.34. The maximum Gasteiger partial charge on any atom is 0.259 e. The molecule has 1 N–H and O–H groups in total. The van der Waals surface area contributed by atoms with Gasteiger partial charge >= 0.3 is 0 Å². The fraction of sp³-hybridized carbons (Fsp3) is 0.304. The second-order valence-corrected chi connectivity index (χ2v) is 8.26. The second kappa shape index (κ2) is 6.79. The Morgan fingerprint density at radius 2 is 1.93 bits per heavy atom. The number of pyridine rings is 1. The molecule has 6 rings (SSSR count). The number of anilines is 1. The second-order valence-electron chi connectivity index (χ2n) is 8.26. The molecule has 2 saturated carbocycles. The van der Waals surface area contributed by atoms with Crippen LogP contribution in [0.3, 0.4) is 0 Å². The summed E-state index contributed by atoms with van der Waals surface area (Å²) in [6.07, 6.45) is 7.90. The molecule has 150 valence electrons. The van der Waals surface area contributed by atoms with Gasteiger partial charge in [-0.1, -0.05) is 35.5 Å². The third kappa shape index (κ3) is 3.26. The standard InChI is InChI=1S/C23H21N5O2/c29-22(25-17-11-24-28(13-17)12-14-4-2-1-3-5-14)18-10-19(15-6-7-15)26-23-20(18)21(27-30-23)16-8-9-16/h1-5,10-11,13,15-16H,6-9,12H2,(H,25,29). The molecule has 3 heterocycles. The van der Waals surface area contributed by atoms with Crippen LogP contribution in [0, 0.1) is 0 Å². The molecule has 0 saturated heterocycles. The molecule has 30 heavy (non-hydrogen) atoms. The van der Waals surface area contributed by atoms with Crippen molar-refractivity contribution in [3.63, 3.8) is 0 Å². The Hall–Kier alpha value is -3.48. The normalized spacial score (nSPS) is 16.1. The average Bonchev–Trinajstić information content (AvgIpc) is 3.69. The van der Waals surface area contributed by atoms with Gasteiger partial charge in [-0.05, 0) is 37.3 Å². The minimum Gasteiger partial charge on any atom is -0.335 e. The summed E-state index contributed by atoms with van der Waals surface area (Å²) in [6, 6.07) is 12.0. The SMILES string of the molecule is O=C(Nc1cnn(Cc2ccccc2)c1)c1cc(C2CC2)nc2onc(C3CC3)c12. The van der Waals surface area contributed by atoms with Crippen LogP contribution in [0.2, 0.25) is 0 Å². The number of nitrogens with one attached hydrogen (secondary N) is 1.